The zero-order valence-electron chi connectivity index (χ0n) is 26.7. The van der Waals surface area contributed by atoms with Gasteiger partial charge in [0.15, 0.2) is 0 Å². The molecular formula is C40H38N2O6. The number of rotatable bonds is 17. The second-order valence-electron chi connectivity index (χ2n) is 11.0. The Balaban J connectivity index is 0.928. The van der Waals surface area contributed by atoms with E-state index in [0.29, 0.717) is 46.2 Å². The molecule has 0 aliphatic rings. The summed E-state index contributed by atoms with van der Waals surface area (Å²) < 4.78 is 28.4. The predicted molar refractivity (Wildman–Crippen MR) is 189 cm³/mol. The van der Waals surface area contributed by atoms with Crippen LogP contribution in [0.5, 0.6) is 23.0 Å². The van der Waals surface area contributed by atoms with Crippen LogP contribution in [0, 0.1) is 0 Å². The highest BCUT2D eigenvalue weighted by Gasteiger charge is 2.09. The molecule has 2 aromatic heterocycles. The maximum atomic E-state index is 9.67. The third-order valence-electron chi connectivity index (χ3n) is 7.61. The summed E-state index contributed by atoms with van der Waals surface area (Å²) in [5.74, 6) is 2.58. The lowest BCUT2D eigenvalue weighted by Gasteiger charge is -2.10. The fourth-order valence-corrected chi connectivity index (χ4v) is 5.09. The first-order chi connectivity index (χ1) is 23.7. The number of phenols is 1. The Morgan fingerprint density at radius 1 is 0.479 bits per heavy atom. The van der Waals surface area contributed by atoms with E-state index < -0.39 is 0 Å². The molecule has 6 rings (SSSR count). The van der Waals surface area contributed by atoms with Crippen LogP contribution in [0.25, 0.3) is 44.3 Å². The first-order valence-corrected chi connectivity index (χ1v) is 16.0. The number of ether oxygens (including phenoxy) is 5. The van der Waals surface area contributed by atoms with Crippen LogP contribution in [-0.2, 0) is 9.47 Å². The van der Waals surface area contributed by atoms with Crippen molar-refractivity contribution in [1.82, 2.24) is 9.97 Å². The molecule has 0 fully saturated rings. The lowest BCUT2D eigenvalue weighted by molar-refractivity contribution is 0.0273. The smallest absolute Gasteiger partial charge is 0.119 e. The van der Waals surface area contributed by atoms with Gasteiger partial charge in [-0.1, -0.05) is 30.3 Å². The van der Waals surface area contributed by atoms with E-state index in [-0.39, 0.29) is 5.75 Å². The summed E-state index contributed by atoms with van der Waals surface area (Å²) in [4.78, 5) is 9.97. The van der Waals surface area contributed by atoms with Gasteiger partial charge in [-0.25, -0.2) is 9.97 Å². The van der Waals surface area contributed by atoms with E-state index in [2.05, 4.69) is 30.8 Å². The molecule has 6 aromatic rings. The number of hydrogen-bond donors (Lipinski definition) is 1. The zero-order chi connectivity index (χ0) is 33.0. The second kappa shape index (κ2) is 16.4. The maximum absolute atomic E-state index is 9.67. The molecule has 8 nitrogen and oxygen atoms in total. The molecular weight excluding hydrogens is 604 g/mol. The van der Waals surface area contributed by atoms with E-state index in [4.69, 9.17) is 33.7 Å². The first-order valence-electron chi connectivity index (χ1n) is 16.0. The molecule has 244 valence electrons. The number of nitrogens with zero attached hydrogens (tertiary/aromatic N) is 2. The Kier molecular flexibility index (Phi) is 11.1. The van der Waals surface area contributed by atoms with Crippen LogP contribution in [0.3, 0.4) is 0 Å². The minimum Gasteiger partial charge on any atom is -0.508 e. The Morgan fingerprint density at radius 2 is 0.875 bits per heavy atom. The van der Waals surface area contributed by atoms with Crippen LogP contribution in [0.1, 0.15) is 6.42 Å². The molecule has 0 aliphatic carbocycles. The van der Waals surface area contributed by atoms with Crippen LogP contribution >= 0.6 is 0 Å². The summed E-state index contributed by atoms with van der Waals surface area (Å²) in [6, 6.07) is 34.8. The lowest BCUT2D eigenvalue weighted by Crippen LogP contribution is -2.13. The van der Waals surface area contributed by atoms with Crippen LogP contribution in [0.4, 0.5) is 0 Å². The fraction of sp³-hybridized carbons (Fsp3) is 0.200. The van der Waals surface area contributed by atoms with Crippen molar-refractivity contribution in [2.75, 3.05) is 46.2 Å². The highest BCUT2D eigenvalue weighted by atomic mass is 16.6. The Bertz CT molecular complexity index is 1930. The molecule has 0 spiro atoms. The molecule has 0 unspecified atom stereocenters. The quantitative estimate of drug-likeness (QED) is 0.0604. The number of aromatic nitrogens is 2. The normalized spacial score (nSPS) is 11.1. The molecule has 0 saturated carbocycles. The summed E-state index contributed by atoms with van der Waals surface area (Å²) in [6.45, 7) is 7.10. The van der Waals surface area contributed by atoms with E-state index in [1.165, 1.54) is 0 Å². The zero-order valence-corrected chi connectivity index (χ0v) is 26.7. The molecule has 0 saturated heterocycles. The van der Waals surface area contributed by atoms with Gasteiger partial charge in [-0.3, -0.25) is 0 Å². The van der Waals surface area contributed by atoms with Gasteiger partial charge in [-0.2, -0.15) is 0 Å². The molecule has 1 N–H and O–H groups in total. The lowest BCUT2D eigenvalue weighted by atomic mass is 10.1. The number of hydrogen-bond acceptors (Lipinski definition) is 8. The molecule has 48 heavy (non-hydrogen) atoms. The predicted octanol–water partition coefficient (Wildman–Crippen LogP) is 8.27. The van der Waals surface area contributed by atoms with Crippen LogP contribution < -0.4 is 14.2 Å². The first kappa shape index (κ1) is 32.5. The van der Waals surface area contributed by atoms with Gasteiger partial charge in [0.2, 0.25) is 0 Å². The Morgan fingerprint density at radius 3 is 1.35 bits per heavy atom. The minimum atomic E-state index is 0.227. The van der Waals surface area contributed by atoms with E-state index in [1.807, 2.05) is 78.9 Å². The van der Waals surface area contributed by atoms with Gasteiger partial charge in [0.25, 0.3) is 0 Å². The van der Waals surface area contributed by atoms with Crippen molar-refractivity contribution in [2.45, 2.75) is 6.42 Å². The average molecular weight is 643 g/mol. The molecule has 0 amide bonds. The Labute approximate surface area is 280 Å². The van der Waals surface area contributed by atoms with Gasteiger partial charge in [-0.15, -0.1) is 6.58 Å². The summed E-state index contributed by atoms with van der Waals surface area (Å²) >= 11 is 0. The SMILES string of the molecule is C=CCCOc1ccc(OCCOCCOCCOc2ccc(-c3ccc4ccc5ccc(-c6ccc(O)cc6)nc5c4n3)cc2)cc1. The molecule has 0 bridgehead atoms. The monoisotopic (exact) mass is 642 g/mol. The number of fused-ring (bicyclic) bond motifs is 3. The third kappa shape index (κ3) is 8.67. The summed E-state index contributed by atoms with van der Waals surface area (Å²) in [7, 11) is 0. The highest BCUT2D eigenvalue weighted by Crippen LogP contribution is 2.30. The van der Waals surface area contributed by atoms with E-state index in [1.54, 1.807) is 12.1 Å². The van der Waals surface area contributed by atoms with E-state index in [0.717, 1.165) is 68.0 Å². The topological polar surface area (TPSA) is 92.2 Å². The van der Waals surface area contributed by atoms with Crippen LogP contribution in [0.2, 0.25) is 0 Å². The van der Waals surface area contributed by atoms with Crippen molar-refractivity contribution in [3.05, 3.63) is 122 Å². The number of aromatic hydroxyl groups is 1. The van der Waals surface area contributed by atoms with Crippen molar-refractivity contribution in [1.29, 1.82) is 0 Å². The summed E-state index contributed by atoms with van der Waals surface area (Å²) in [5, 5.41) is 11.7. The molecule has 0 aliphatic heterocycles. The second-order valence-corrected chi connectivity index (χ2v) is 11.0. The van der Waals surface area contributed by atoms with E-state index >= 15 is 0 Å². The van der Waals surface area contributed by atoms with Gasteiger partial charge in [0.05, 0.1) is 55.5 Å². The van der Waals surface area contributed by atoms with Gasteiger partial charge in [-0.05, 0) is 91.3 Å². The molecule has 2 heterocycles. The molecule has 0 radical (unpaired) electrons. The molecule has 0 atom stereocenters. The summed E-state index contributed by atoms with van der Waals surface area (Å²) in [6.07, 6.45) is 2.65. The third-order valence-corrected chi connectivity index (χ3v) is 7.61. The average Bonchev–Trinajstić information content (AvgIpc) is 3.13. The summed E-state index contributed by atoms with van der Waals surface area (Å²) in [5.41, 5.74) is 5.28. The van der Waals surface area contributed by atoms with Gasteiger partial charge in [0, 0.05) is 21.9 Å². The number of pyridine rings is 2. The standard InChI is InChI=1S/C40H38N2O6/c1-2-3-22-46-35-16-18-36(19-17-35)48-28-26-45-24-23-44-25-27-47-34-14-8-30(9-15-34)38-21-11-32-5-4-31-10-20-37(41-39(31)40(32)42-38)29-6-12-33(43)13-7-29/h2,4-21,43H,1,3,22-28H2. The van der Waals surface area contributed by atoms with Crippen molar-refractivity contribution in [3.63, 3.8) is 0 Å². The molecule has 8 heteroatoms. The number of phenolic OH excluding ortho intramolecular Hbond substituents is 1. The highest BCUT2D eigenvalue weighted by molar-refractivity contribution is 6.04. The van der Waals surface area contributed by atoms with Crippen molar-refractivity contribution < 1.29 is 28.8 Å². The van der Waals surface area contributed by atoms with Crippen molar-refractivity contribution in [2.24, 2.45) is 0 Å². The Hall–Kier alpha value is -5.44. The van der Waals surface area contributed by atoms with Crippen molar-refractivity contribution >= 4 is 21.8 Å². The van der Waals surface area contributed by atoms with Gasteiger partial charge < -0.3 is 28.8 Å². The fourth-order valence-electron chi connectivity index (χ4n) is 5.09. The van der Waals surface area contributed by atoms with Crippen molar-refractivity contribution in [3.8, 4) is 45.5 Å². The largest absolute Gasteiger partial charge is 0.508 e. The van der Waals surface area contributed by atoms with Gasteiger partial charge >= 0.3 is 0 Å². The van der Waals surface area contributed by atoms with Crippen LogP contribution in [-0.4, -0.2) is 61.3 Å². The van der Waals surface area contributed by atoms with Crippen LogP contribution in [0.15, 0.2) is 122 Å². The van der Waals surface area contributed by atoms with E-state index in [9.17, 15) is 5.11 Å². The minimum absolute atomic E-state index is 0.227. The number of benzene rings is 4. The maximum Gasteiger partial charge on any atom is 0.119 e. The van der Waals surface area contributed by atoms with Gasteiger partial charge in [0.1, 0.15) is 36.2 Å². The molecule has 4 aromatic carbocycles.